The minimum absolute atomic E-state index is 0.0728. The number of nitrogens with one attached hydrogen (secondary N) is 2. The first-order chi connectivity index (χ1) is 13.5. The van der Waals surface area contributed by atoms with E-state index in [1.807, 2.05) is 35.7 Å². The molecule has 2 saturated heterocycles. The molecule has 1 atom stereocenters. The summed E-state index contributed by atoms with van der Waals surface area (Å²) in [5.41, 5.74) is 0.836. The minimum Gasteiger partial charge on any atom is -0.341 e. The van der Waals surface area contributed by atoms with Crippen LogP contribution < -0.4 is 15.5 Å². The first-order valence-electron chi connectivity index (χ1n) is 9.46. The van der Waals surface area contributed by atoms with Gasteiger partial charge in [0.2, 0.25) is 5.95 Å². The third kappa shape index (κ3) is 2.42. The van der Waals surface area contributed by atoms with Crippen molar-refractivity contribution in [2.24, 2.45) is 5.92 Å². The van der Waals surface area contributed by atoms with Gasteiger partial charge < -0.3 is 10.2 Å². The summed E-state index contributed by atoms with van der Waals surface area (Å²) in [5.74, 6) is 1.29. The third-order valence-corrected chi connectivity index (χ3v) is 5.93. The van der Waals surface area contributed by atoms with Crippen molar-refractivity contribution < 1.29 is 9.59 Å². The quantitative estimate of drug-likeness (QED) is 0.652. The molecule has 2 aromatic heterocycles. The van der Waals surface area contributed by atoms with Gasteiger partial charge in [0.1, 0.15) is 11.4 Å². The number of benzene rings is 1. The Labute approximate surface area is 161 Å². The zero-order chi connectivity index (χ0) is 19.5. The van der Waals surface area contributed by atoms with Crippen molar-refractivity contribution in [1.29, 1.82) is 0 Å². The maximum atomic E-state index is 12.2. The van der Waals surface area contributed by atoms with E-state index in [0.717, 1.165) is 48.4 Å². The van der Waals surface area contributed by atoms with Gasteiger partial charge in [-0.3, -0.25) is 10.1 Å². The van der Waals surface area contributed by atoms with E-state index in [9.17, 15) is 9.59 Å². The number of aromatic nitrogens is 4. The smallest absolute Gasteiger partial charge is 0.322 e. The Kier molecular flexibility index (Phi) is 3.55. The summed E-state index contributed by atoms with van der Waals surface area (Å²) in [7, 11) is 0. The topological polar surface area (TPSA) is 105 Å². The SMILES string of the molecule is Cc1nc2c3ccccc3nc(N3CCC([C@@]4(C)NC(=O)NC4=O)CC3)n2n1. The highest BCUT2D eigenvalue weighted by Gasteiger charge is 2.48. The Hall–Kier alpha value is -3.23. The molecule has 2 fully saturated rings. The number of anilines is 1. The molecule has 2 aliphatic rings. The number of rotatable bonds is 2. The number of fused-ring (bicyclic) bond motifs is 3. The van der Waals surface area contributed by atoms with Gasteiger partial charge in [0.15, 0.2) is 5.65 Å². The van der Waals surface area contributed by atoms with Crippen LogP contribution >= 0.6 is 0 Å². The van der Waals surface area contributed by atoms with Crippen LogP contribution in [0.4, 0.5) is 10.7 Å². The number of hydrogen-bond donors (Lipinski definition) is 2. The molecule has 0 unspecified atom stereocenters. The second kappa shape index (κ2) is 5.88. The van der Waals surface area contributed by atoms with Crippen LogP contribution in [0.2, 0.25) is 0 Å². The van der Waals surface area contributed by atoms with Gasteiger partial charge in [-0.2, -0.15) is 4.52 Å². The molecule has 9 heteroatoms. The molecule has 28 heavy (non-hydrogen) atoms. The third-order valence-electron chi connectivity index (χ3n) is 5.93. The van der Waals surface area contributed by atoms with Crippen molar-refractivity contribution in [1.82, 2.24) is 30.2 Å². The van der Waals surface area contributed by atoms with Crippen LogP contribution in [0.1, 0.15) is 25.6 Å². The lowest BCUT2D eigenvalue weighted by atomic mass is 9.79. The molecule has 144 valence electrons. The van der Waals surface area contributed by atoms with Crippen LogP contribution in [0, 0.1) is 12.8 Å². The van der Waals surface area contributed by atoms with Crippen molar-refractivity contribution in [3.8, 4) is 0 Å². The van der Waals surface area contributed by atoms with Crippen molar-refractivity contribution in [3.05, 3.63) is 30.1 Å². The van der Waals surface area contributed by atoms with Gasteiger partial charge in [-0.1, -0.05) is 12.1 Å². The van der Waals surface area contributed by atoms with Gasteiger partial charge in [0.25, 0.3) is 5.91 Å². The van der Waals surface area contributed by atoms with E-state index in [-0.39, 0.29) is 11.8 Å². The minimum atomic E-state index is -0.848. The van der Waals surface area contributed by atoms with Crippen LogP contribution in [0.5, 0.6) is 0 Å². The summed E-state index contributed by atoms with van der Waals surface area (Å²) in [6.45, 7) is 5.13. The van der Waals surface area contributed by atoms with E-state index < -0.39 is 11.6 Å². The fraction of sp³-hybridized carbons (Fsp3) is 0.421. The largest absolute Gasteiger partial charge is 0.341 e. The van der Waals surface area contributed by atoms with E-state index in [1.54, 1.807) is 6.92 Å². The zero-order valence-electron chi connectivity index (χ0n) is 15.8. The van der Waals surface area contributed by atoms with Crippen LogP contribution in [0.3, 0.4) is 0 Å². The van der Waals surface area contributed by atoms with Crippen molar-refractivity contribution in [2.75, 3.05) is 18.0 Å². The number of urea groups is 1. The summed E-state index contributed by atoms with van der Waals surface area (Å²) in [6, 6.07) is 7.51. The van der Waals surface area contributed by atoms with Gasteiger partial charge in [0, 0.05) is 18.5 Å². The molecule has 0 spiro atoms. The average molecular weight is 379 g/mol. The predicted molar refractivity (Wildman–Crippen MR) is 103 cm³/mol. The lowest BCUT2D eigenvalue weighted by Crippen LogP contribution is -2.54. The lowest BCUT2D eigenvalue weighted by molar-refractivity contribution is -0.125. The normalized spacial score (nSPS) is 23.4. The van der Waals surface area contributed by atoms with E-state index >= 15 is 0 Å². The Morgan fingerprint density at radius 2 is 1.89 bits per heavy atom. The Morgan fingerprint density at radius 1 is 1.14 bits per heavy atom. The molecule has 2 aliphatic heterocycles. The molecule has 0 radical (unpaired) electrons. The van der Waals surface area contributed by atoms with Crippen LogP contribution in [-0.2, 0) is 4.79 Å². The molecular weight excluding hydrogens is 358 g/mol. The number of aryl methyl sites for hydroxylation is 1. The molecule has 5 rings (SSSR count). The summed E-state index contributed by atoms with van der Waals surface area (Å²) in [4.78, 5) is 35.4. The second-order valence-electron chi connectivity index (χ2n) is 7.70. The van der Waals surface area contributed by atoms with Crippen molar-refractivity contribution >= 4 is 34.4 Å². The van der Waals surface area contributed by atoms with Crippen molar-refractivity contribution in [3.63, 3.8) is 0 Å². The number of hydrogen-bond acceptors (Lipinski definition) is 6. The molecule has 0 bridgehead atoms. The number of carbonyl (C=O) groups is 2. The summed E-state index contributed by atoms with van der Waals surface area (Å²) >= 11 is 0. The molecule has 0 aliphatic carbocycles. The number of imide groups is 1. The lowest BCUT2D eigenvalue weighted by Gasteiger charge is -2.38. The maximum absolute atomic E-state index is 12.2. The van der Waals surface area contributed by atoms with Crippen LogP contribution in [0.15, 0.2) is 24.3 Å². The number of nitrogens with zero attached hydrogens (tertiary/aromatic N) is 5. The molecule has 0 saturated carbocycles. The van der Waals surface area contributed by atoms with Gasteiger partial charge in [-0.15, -0.1) is 5.10 Å². The molecule has 9 nitrogen and oxygen atoms in total. The molecule has 4 heterocycles. The highest BCUT2D eigenvalue weighted by atomic mass is 16.2. The summed E-state index contributed by atoms with van der Waals surface area (Å²) in [5, 5.41) is 10.7. The molecule has 3 aromatic rings. The van der Waals surface area contributed by atoms with Crippen LogP contribution in [-0.4, -0.2) is 50.1 Å². The molecule has 3 amide bonds. The standard InChI is InChI=1S/C19H21N7O2/c1-11-20-15-13-5-3-4-6-14(13)21-18(26(15)24-11)25-9-7-12(8-10-25)19(2)16(27)22-17(28)23-19/h3-6,12H,7-10H2,1-2H3,(H2,22,23,27,28)/t19-/m1/s1. The number of para-hydroxylation sites is 1. The second-order valence-corrected chi connectivity index (χ2v) is 7.70. The number of carbonyl (C=O) groups excluding carboxylic acids is 2. The Bertz CT molecular complexity index is 1120. The monoisotopic (exact) mass is 379 g/mol. The first-order valence-corrected chi connectivity index (χ1v) is 9.46. The molecular formula is C19H21N7O2. The first kappa shape index (κ1) is 16.9. The zero-order valence-corrected chi connectivity index (χ0v) is 15.8. The molecule has 1 aromatic carbocycles. The van der Waals surface area contributed by atoms with Gasteiger partial charge in [0.05, 0.1) is 5.52 Å². The fourth-order valence-corrected chi connectivity index (χ4v) is 4.35. The van der Waals surface area contributed by atoms with Crippen LogP contribution in [0.25, 0.3) is 16.6 Å². The Morgan fingerprint density at radius 3 is 2.61 bits per heavy atom. The Balaban J connectivity index is 1.47. The van der Waals surface area contributed by atoms with Gasteiger partial charge in [-0.05, 0) is 44.7 Å². The van der Waals surface area contributed by atoms with E-state index in [4.69, 9.17) is 4.98 Å². The van der Waals surface area contributed by atoms with E-state index in [2.05, 4.69) is 25.6 Å². The van der Waals surface area contributed by atoms with Gasteiger partial charge >= 0.3 is 6.03 Å². The highest BCUT2D eigenvalue weighted by molar-refractivity contribution is 6.07. The predicted octanol–water partition coefficient (Wildman–Crippen LogP) is 1.40. The number of amides is 3. The highest BCUT2D eigenvalue weighted by Crippen LogP contribution is 2.33. The number of piperidine rings is 1. The van der Waals surface area contributed by atoms with E-state index in [0.29, 0.717) is 5.82 Å². The molecule has 2 N–H and O–H groups in total. The van der Waals surface area contributed by atoms with E-state index in [1.165, 1.54) is 0 Å². The average Bonchev–Trinajstić information content (AvgIpc) is 3.20. The van der Waals surface area contributed by atoms with Crippen molar-refractivity contribution in [2.45, 2.75) is 32.2 Å². The van der Waals surface area contributed by atoms with Gasteiger partial charge in [-0.25, -0.2) is 14.8 Å². The summed E-state index contributed by atoms with van der Waals surface area (Å²) < 4.78 is 1.81. The fourth-order valence-electron chi connectivity index (χ4n) is 4.35. The maximum Gasteiger partial charge on any atom is 0.322 e. The summed E-state index contributed by atoms with van der Waals surface area (Å²) in [6.07, 6.45) is 1.54.